The van der Waals surface area contributed by atoms with Gasteiger partial charge in [-0.3, -0.25) is 9.59 Å². The van der Waals surface area contributed by atoms with Gasteiger partial charge in [-0.2, -0.15) is 5.10 Å². The summed E-state index contributed by atoms with van der Waals surface area (Å²) in [6.45, 7) is 6.66. The first kappa shape index (κ1) is 20.3. The Balaban J connectivity index is 1.85. The fourth-order valence-electron chi connectivity index (χ4n) is 4.05. The lowest BCUT2D eigenvalue weighted by Gasteiger charge is -2.23. The summed E-state index contributed by atoms with van der Waals surface area (Å²) >= 11 is 0. The second-order valence-electron chi connectivity index (χ2n) is 8.37. The fourth-order valence-corrected chi connectivity index (χ4v) is 4.05. The molecule has 1 aromatic carbocycles. The van der Waals surface area contributed by atoms with Crippen molar-refractivity contribution in [3.8, 4) is 11.3 Å². The zero-order chi connectivity index (χ0) is 21.1. The number of aromatic nitrogens is 3. The van der Waals surface area contributed by atoms with Crippen LogP contribution < -0.4 is 16.2 Å². The average molecular weight is 408 g/mol. The zero-order valence-electron chi connectivity index (χ0n) is 17.6. The smallest absolute Gasteiger partial charge is 0.257 e. The van der Waals surface area contributed by atoms with E-state index in [0.29, 0.717) is 29.4 Å². The number of piperidine rings is 1. The van der Waals surface area contributed by atoms with Crippen LogP contribution in [0.15, 0.2) is 41.2 Å². The molecule has 0 bridgehead atoms. The van der Waals surface area contributed by atoms with Gasteiger partial charge in [0.1, 0.15) is 16.9 Å². The molecule has 1 saturated heterocycles. The number of fused-ring (bicyclic) bond motifs is 1. The fraction of sp³-hybridized carbons (Fsp3) is 0.435. The number of nitrogens with zero attached hydrogens (tertiary/aromatic N) is 2. The lowest BCUT2D eigenvalue weighted by Crippen LogP contribution is -2.29. The minimum absolute atomic E-state index is 0.202. The highest BCUT2D eigenvalue weighted by Crippen LogP contribution is 2.29. The molecule has 2 aromatic heterocycles. The molecule has 0 unspecified atom stereocenters. The second kappa shape index (κ2) is 8.83. The molecule has 0 aliphatic carbocycles. The summed E-state index contributed by atoms with van der Waals surface area (Å²) in [5, 5.41) is 11.2. The van der Waals surface area contributed by atoms with E-state index >= 15 is 0 Å². The molecular formula is C23H29N5O2. The van der Waals surface area contributed by atoms with Crippen molar-refractivity contribution in [3.05, 3.63) is 58.0 Å². The highest BCUT2D eigenvalue weighted by Gasteiger charge is 2.26. The van der Waals surface area contributed by atoms with Crippen molar-refractivity contribution >= 4 is 11.6 Å². The molecule has 0 saturated carbocycles. The van der Waals surface area contributed by atoms with Gasteiger partial charge in [-0.05, 0) is 38.3 Å². The lowest BCUT2D eigenvalue weighted by molar-refractivity contribution is 0.0954. The number of carbonyl (C=O) groups excluding carboxylic acids is 1. The third kappa shape index (κ3) is 4.16. The van der Waals surface area contributed by atoms with Gasteiger partial charge in [0.2, 0.25) is 0 Å². The number of aromatic amines is 1. The van der Waals surface area contributed by atoms with Crippen molar-refractivity contribution in [1.29, 1.82) is 0 Å². The standard InChI is InChI=1S/C23H29N5O2/c1-15(2)8-13-25-23(30)20-21(17-6-4-3-5-7-17)27-28-18(14-19(29)26-22(20)28)16-9-11-24-12-10-16/h3-7,14-16,24H,8-13H2,1-2H3,(H,25,30)(H,26,29). The molecule has 1 aliphatic rings. The van der Waals surface area contributed by atoms with Gasteiger partial charge >= 0.3 is 0 Å². The SMILES string of the molecule is CC(C)CCNC(=O)c1c(-c2ccccc2)nn2c(C3CCNCC3)cc(=O)[nH]c12. The Hall–Kier alpha value is -2.93. The molecule has 0 atom stereocenters. The molecular weight excluding hydrogens is 378 g/mol. The van der Waals surface area contributed by atoms with E-state index in [1.807, 2.05) is 30.3 Å². The summed E-state index contributed by atoms with van der Waals surface area (Å²) in [4.78, 5) is 28.6. The molecule has 1 aliphatic heterocycles. The predicted molar refractivity (Wildman–Crippen MR) is 118 cm³/mol. The molecule has 0 spiro atoms. The van der Waals surface area contributed by atoms with Gasteiger partial charge in [0.05, 0.1) is 5.69 Å². The van der Waals surface area contributed by atoms with Crippen LogP contribution in [0.4, 0.5) is 0 Å². The van der Waals surface area contributed by atoms with Crippen molar-refractivity contribution in [3.63, 3.8) is 0 Å². The number of rotatable bonds is 6. The van der Waals surface area contributed by atoms with Crippen molar-refractivity contribution in [2.75, 3.05) is 19.6 Å². The molecule has 1 amide bonds. The largest absolute Gasteiger partial charge is 0.352 e. The Labute approximate surface area is 175 Å². The molecule has 3 N–H and O–H groups in total. The molecule has 3 aromatic rings. The average Bonchev–Trinajstić information content (AvgIpc) is 3.13. The first-order valence-corrected chi connectivity index (χ1v) is 10.7. The van der Waals surface area contributed by atoms with Gasteiger partial charge in [0.15, 0.2) is 0 Å². The first-order chi connectivity index (χ1) is 14.5. The van der Waals surface area contributed by atoms with E-state index in [1.165, 1.54) is 0 Å². The summed E-state index contributed by atoms with van der Waals surface area (Å²) in [5.41, 5.74) is 3.01. The van der Waals surface area contributed by atoms with Crippen LogP contribution in [0.1, 0.15) is 55.1 Å². The van der Waals surface area contributed by atoms with E-state index in [-0.39, 0.29) is 17.4 Å². The van der Waals surface area contributed by atoms with Gasteiger partial charge in [0, 0.05) is 24.1 Å². The monoisotopic (exact) mass is 407 g/mol. The molecule has 7 heteroatoms. The van der Waals surface area contributed by atoms with Gasteiger partial charge in [-0.1, -0.05) is 44.2 Å². The number of hydrogen-bond donors (Lipinski definition) is 3. The van der Waals surface area contributed by atoms with E-state index in [9.17, 15) is 9.59 Å². The van der Waals surface area contributed by atoms with E-state index < -0.39 is 0 Å². The Kier molecular flexibility index (Phi) is 5.99. The van der Waals surface area contributed by atoms with Crippen LogP contribution in [-0.4, -0.2) is 40.1 Å². The van der Waals surface area contributed by atoms with E-state index in [4.69, 9.17) is 5.10 Å². The molecule has 3 heterocycles. The van der Waals surface area contributed by atoms with Gasteiger partial charge in [-0.15, -0.1) is 0 Å². The molecule has 1 fully saturated rings. The number of carbonyl (C=O) groups is 1. The van der Waals surface area contributed by atoms with Gasteiger partial charge in [-0.25, -0.2) is 4.52 Å². The van der Waals surface area contributed by atoms with Crippen LogP contribution in [0, 0.1) is 5.92 Å². The summed E-state index contributed by atoms with van der Waals surface area (Å²) in [6, 6.07) is 11.3. The molecule has 158 valence electrons. The number of benzene rings is 1. The lowest BCUT2D eigenvalue weighted by atomic mass is 9.94. The molecule has 30 heavy (non-hydrogen) atoms. The number of nitrogens with one attached hydrogen (secondary N) is 3. The van der Waals surface area contributed by atoms with Crippen LogP contribution in [0.25, 0.3) is 16.9 Å². The van der Waals surface area contributed by atoms with E-state index in [1.54, 1.807) is 10.6 Å². The summed E-state index contributed by atoms with van der Waals surface area (Å²) in [6.07, 6.45) is 2.77. The topological polar surface area (TPSA) is 91.3 Å². The third-order valence-electron chi connectivity index (χ3n) is 5.69. The highest BCUT2D eigenvalue weighted by atomic mass is 16.2. The van der Waals surface area contributed by atoms with Crippen molar-refractivity contribution in [1.82, 2.24) is 25.2 Å². The van der Waals surface area contributed by atoms with Crippen molar-refractivity contribution in [2.45, 2.75) is 39.0 Å². The van der Waals surface area contributed by atoms with Gasteiger partial charge in [0.25, 0.3) is 11.5 Å². The third-order valence-corrected chi connectivity index (χ3v) is 5.69. The van der Waals surface area contributed by atoms with Crippen LogP contribution >= 0.6 is 0 Å². The second-order valence-corrected chi connectivity index (χ2v) is 8.37. The Morgan fingerprint density at radius 1 is 1.23 bits per heavy atom. The molecule has 4 rings (SSSR count). The number of H-pyrrole nitrogens is 1. The normalized spacial score (nSPS) is 15.0. The molecule has 7 nitrogen and oxygen atoms in total. The van der Waals surface area contributed by atoms with Crippen molar-refractivity contribution < 1.29 is 4.79 Å². The maximum atomic E-state index is 13.2. The van der Waals surface area contributed by atoms with Crippen LogP contribution in [0.5, 0.6) is 0 Å². The minimum Gasteiger partial charge on any atom is -0.352 e. The zero-order valence-corrected chi connectivity index (χ0v) is 17.6. The number of amides is 1. The maximum absolute atomic E-state index is 13.2. The van der Waals surface area contributed by atoms with E-state index in [2.05, 4.69) is 29.5 Å². The van der Waals surface area contributed by atoms with Crippen molar-refractivity contribution in [2.24, 2.45) is 5.92 Å². The van der Waals surface area contributed by atoms with Crippen LogP contribution in [0.2, 0.25) is 0 Å². The quantitative estimate of drug-likeness (QED) is 0.586. The molecule has 0 radical (unpaired) electrons. The predicted octanol–water partition coefficient (Wildman–Crippen LogP) is 2.93. The van der Waals surface area contributed by atoms with E-state index in [0.717, 1.165) is 43.6 Å². The first-order valence-electron chi connectivity index (χ1n) is 10.7. The summed E-state index contributed by atoms with van der Waals surface area (Å²) in [5.74, 6) is 0.521. The minimum atomic E-state index is -0.206. The number of hydrogen-bond acceptors (Lipinski definition) is 4. The Morgan fingerprint density at radius 2 is 1.97 bits per heavy atom. The van der Waals surface area contributed by atoms with Crippen LogP contribution in [0.3, 0.4) is 0 Å². The summed E-state index contributed by atoms with van der Waals surface area (Å²) < 4.78 is 1.77. The highest BCUT2D eigenvalue weighted by molar-refractivity contribution is 6.05. The van der Waals surface area contributed by atoms with Gasteiger partial charge < -0.3 is 15.6 Å². The van der Waals surface area contributed by atoms with Crippen LogP contribution in [-0.2, 0) is 0 Å². The Morgan fingerprint density at radius 3 is 2.67 bits per heavy atom. The summed E-state index contributed by atoms with van der Waals surface area (Å²) in [7, 11) is 0. The Bertz CT molecular complexity index is 1080. The maximum Gasteiger partial charge on any atom is 0.257 e.